The summed E-state index contributed by atoms with van der Waals surface area (Å²) in [4.78, 5) is 0. The predicted octanol–water partition coefficient (Wildman–Crippen LogP) is 3.29. The lowest BCUT2D eigenvalue weighted by molar-refractivity contribution is -0.139. The van der Waals surface area contributed by atoms with Gasteiger partial charge in [-0.25, -0.2) is 4.39 Å². The molecule has 0 saturated carbocycles. The Morgan fingerprint density at radius 1 is 1.35 bits per heavy atom. The largest absolute Gasteiger partial charge is 0.416 e. The van der Waals surface area contributed by atoms with Gasteiger partial charge in [0, 0.05) is 6.42 Å². The van der Waals surface area contributed by atoms with Crippen molar-refractivity contribution in [2.45, 2.75) is 25.6 Å². The maximum Gasteiger partial charge on any atom is 0.416 e. The lowest BCUT2D eigenvalue weighted by Crippen LogP contribution is -2.12. The van der Waals surface area contributed by atoms with E-state index in [2.05, 4.69) is 11.8 Å². The molecular formula is C12H10F4O. The molecule has 0 aliphatic carbocycles. The van der Waals surface area contributed by atoms with Crippen molar-refractivity contribution >= 4 is 0 Å². The molecule has 0 spiro atoms. The summed E-state index contributed by atoms with van der Waals surface area (Å²) in [6.45, 7) is 1.50. The molecule has 0 radical (unpaired) electrons. The van der Waals surface area contributed by atoms with E-state index in [1.54, 1.807) is 0 Å². The molecule has 92 valence electrons. The maximum absolute atomic E-state index is 12.9. The fraction of sp³-hybridized carbons (Fsp3) is 0.333. The monoisotopic (exact) mass is 246 g/mol. The predicted molar refractivity (Wildman–Crippen MR) is 54.4 cm³/mol. The van der Waals surface area contributed by atoms with Crippen LogP contribution in [-0.4, -0.2) is 5.11 Å². The molecule has 0 amide bonds. The van der Waals surface area contributed by atoms with Crippen LogP contribution in [0.4, 0.5) is 17.6 Å². The van der Waals surface area contributed by atoms with E-state index in [1.165, 1.54) is 6.92 Å². The summed E-state index contributed by atoms with van der Waals surface area (Å²) in [5, 5.41) is 9.55. The van der Waals surface area contributed by atoms with E-state index in [-0.39, 0.29) is 6.42 Å². The smallest absolute Gasteiger partial charge is 0.387 e. The number of hydrogen-bond acceptors (Lipinski definition) is 1. The molecule has 0 aromatic heterocycles. The second-order valence-electron chi connectivity index (χ2n) is 3.38. The molecule has 1 nitrogen and oxygen atoms in total. The Morgan fingerprint density at radius 3 is 2.53 bits per heavy atom. The van der Waals surface area contributed by atoms with Gasteiger partial charge in [-0.1, -0.05) is 0 Å². The number of halogens is 4. The van der Waals surface area contributed by atoms with Crippen LogP contribution < -0.4 is 0 Å². The van der Waals surface area contributed by atoms with Crippen molar-refractivity contribution in [2.24, 2.45) is 0 Å². The van der Waals surface area contributed by atoms with E-state index >= 15 is 0 Å². The molecule has 5 heteroatoms. The molecule has 1 aromatic carbocycles. The van der Waals surface area contributed by atoms with Crippen molar-refractivity contribution in [3.05, 3.63) is 35.1 Å². The van der Waals surface area contributed by atoms with E-state index < -0.39 is 29.2 Å². The van der Waals surface area contributed by atoms with Crippen LogP contribution >= 0.6 is 0 Å². The van der Waals surface area contributed by atoms with Gasteiger partial charge in [0.2, 0.25) is 0 Å². The first-order valence-electron chi connectivity index (χ1n) is 4.80. The zero-order valence-corrected chi connectivity index (χ0v) is 8.98. The second kappa shape index (κ2) is 5.19. The molecule has 0 aliphatic heterocycles. The van der Waals surface area contributed by atoms with E-state index in [0.29, 0.717) is 18.2 Å². The Hall–Kier alpha value is -1.54. The van der Waals surface area contributed by atoms with Gasteiger partial charge in [0.25, 0.3) is 0 Å². The minimum Gasteiger partial charge on any atom is -0.387 e. The zero-order chi connectivity index (χ0) is 13.1. The molecule has 0 bridgehead atoms. The molecule has 1 unspecified atom stereocenters. The summed E-state index contributed by atoms with van der Waals surface area (Å²) >= 11 is 0. The van der Waals surface area contributed by atoms with Crippen LogP contribution in [0.25, 0.3) is 0 Å². The second-order valence-corrected chi connectivity index (χ2v) is 3.38. The van der Waals surface area contributed by atoms with Gasteiger partial charge in [-0.15, -0.1) is 11.8 Å². The van der Waals surface area contributed by atoms with Crippen LogP contribution in [0.2, 0.25) is 0 Å². The Labute approximate surface area is 96.1 Å². The third kappa shape index (κ3) is 3.46. The van der Waals surface area contributed by atoms with Gasteiger partial charge in [0.05, 0.1) is 11.7 Å². The van der Waals surface area contributed by atoms with Crippen molar-refractivity contribution in [2.75, 3.05) is 0 Å². The van der Waals surface area contributed by atoms with E-state index in [0.717, 1.165) is 0 Å². The molecule has 17 heavy (non-hydrogen) atoms. The zero-order valence-electron chi connectivity index (χ0n) is 8.98. The molecule has 1 atom stereocenters. The van der Waals surface area contributed by atoms with E-state index in [1.807, 2.05) is 0 Å². The highest BCUT2D eigenvalue weighted by Crippen LogP contribution is 2.35. The van der Waals surface area contributed by atoms with Gasteiger partial charge in [0.1, 0.15) is 5.82 Å². The Morgan fingerprint density at radius 2 is 2.00 bits per heavy atom. The summed E-state index contributed by atoms with van der Waals surface area (Å²) < 4.78 is 50.7. The Balaban J connectivity index is 3.18. The van der Waals surface area contributed by atoms with Crippen LogP contribution in [0.15, 0.2) is 18.2 Å². The number of hydrogen-bond donors (Lipinski definition) is 1. The van der Waals surface area contributed by atoms with Crippen molar-refractivity contribution in [1.29, 1.82) is 0 Å². The number of alkyl halides is 3. The van der Waals surface area contributed by atoms with Crippen molar-refractivity contribution in [3.8, 4) is 11.8 Å². The third-order valence-electron chi connectivity index (χ3n) is 2.15. The minimum atomic E-state index is -4.62. The molecule has 1 rings (SSSR count). The maximum atomic E-state index is 12.9. The van der Waals surface area contributed by atoms with Crippen molar-refractivity contribution in [1.82, 2.24) is 0 Å². The molecule has 1 aromatic rings. The lowest BCUT2D eigenvalue weighted by atomic mass is 9.99. The standard InChI is InChI=1S/C12H10F4O/c1-2-3-4-11(17)9-7-8(13)5-6-10(9)12(14,15)16/h5-7,11,17H,4H2,1H3. The van der Waals surface area contributed by atoms with Crippen LogP contribution in [0, 0.1) is 17.7 Å². The molecule has 0 aliphatic rings. The average molecular weight is 246 g/mol. The topological polar surface area (TPSA) is 20.2 Å². The summed E-state index contributed by atoms with van der Waals surface area (Å²) in [5.74, 6) is 4.09. The van der Waals surface area contributed by atoms with Crippen molar-refractivity contribution < 1.29 is 22.7 Å². The van der Waals surface area contributed by atoms with Gasteiger partial charge >= 0.3 is 6.18 Å². The van der Waals surface area contributed by atoms with Gasteiger partial charge in [-0.05, 0) is 30.7 Å². The Bertz CT molecular complexity index is 454. The summed E-state index contributed by atoms with van der Waals surface area (Å²) in [7, 11) is 0. The highest BCUT2D eigenvalue weighted by molar-refractivity contribution is 5.32. The normalized spacial score (nSPS) is 12.8. The molecule has 0 saturated heterocycles. The first-order valence-corrected chi connectivity index (χ1v) is 4.80. The summed E-state index contributed by atoms with van der Waals surface area (Å²) in [6.07, 6.45) is -6.23. The quantitative estimate of drug-likeness (QED) is 0.627. The van der Waals surface area contributed by atoms with E-state index in [4.69, 9.17) is 0 Å². The Kier molecular flexibility index (Phi) is 4.13. The van der Waals surface area contributed by atoms with Crippen molar-refractivity contribution in [3.63, 3.8) is 0 Å². The number of aliphatic hydroxyl groups excluding tert-OH is 1. The SMILES string of the molecule is CC#CCC(O)c1cc(F)ccc1C(F)(F)F. The summed E-state index contributed by atoms with van der Waals surface area (Å²) in [5.41, 5.74) is -1.52. The van der Waals surface area contributed by atoms with Gasteiger partial charge in [-0.2, -0.15) is 13.2 Å². The van der Waals surface area contributed by atoms with Crippen LogP contribution in [0.3, 0.4) is 0 Å². The van der Waals surface area contributed by atoms with Gasteiger partial charge < -0.3 is 5.11 Å². The highest BCUT2D eigenvalue weighted by Gasteiger charge is 2.34. The third-order valence-corrected chi connectivity index (χ3v) is 2.15. The molecular weight excluding hydrogens is 236 g/mol. The lowest BCUT2D eigenvalue weighted by Gasteiger charge is -2.16. The van der Waals surface area contributed by atoms with Crippen LogP contribution in [-0.2, 0) is 6.18 Å². The fourth-order valence-electron chi connectivity index (χ4n) is 1.38. The van der Waals surface area contributed by atoms with Gasteiger partial charge in [-0.3, -0.25) is 0 Å². The van der Waals surface area contributed by atoms with E-state index in [9.17, 15) is 22.7 Å². The number of benzene rings is 1. The summed E-state index contributed by atoms with van der Waals surface area (Å²) in [6, 6.07) is 2.02. The molecule has 1 N–H and O–H groups in total. The van der Waals surface area contributed by atoms with Crippen LogP contribution in [0.5, 0.6) is 0 Å². The first-order chi connectivity index (χ1) is 7.86. The molecule has 0 fully saturated rings. The first kappa shape index (κ1) is 13.5. The average Bonchev–Trinajstić information content (AvgIpc) is 2.24. The number of aliphatic hydroxyl groups is 1. The van der Waals surface area contributed by atoms with Gasteiger partial charge in [0.15, 0.2) is 0 Å². The molecule has 0 heterocycles. The highest BCUT2D eigenvalue weighted by atomic mass is 19.4. The van der Waals surface area contributed by atoms with Crippen LogP contribution in [0.1, 0.15) is 30.6 Å². The minimum absolute atomic E-state index is 0.164. The number of rotatable bonds is 2. The fourth-order valence-corrected chi connectivity index (χ4v) is 1.38.